The van der Waals surface area contributed by atoms with E-state index in [1.54, 1.807) is 13.1 Å². The largest absolute Gasteiger partial charge is 0.339 e. The highest BCUT2D eigenvalue weighted by Crippen LogP contribution is 2.21. The zero-order valence-corrected chi connectivity index (χ0v) is 17.2. The highest BCUT2D eigenvalue weighted by Gasteiger charge is 2.24. The van der Waals surface area contributed by atoms with Crippen LogP contribution in [-0.2, 0) is 16.4 Å². The number of nitrogens with zero attached hydrogens (tertiary/aromatic N) is 4. The van der Waals surface area contributed by atoms with Gasteiger partial charge in [-0.3, -0.25) is 0 Å². The van der Waals surface area contributed by atoms with Gasteiger partial charge < -0.3 is 9.42 Å². The van der Waals surface area contributed by atoms with E-state index >= 15 is 0 Å². The van der Waals surface area contributed by atoms with Crippen LogP contribution in [0.25, 0.3) is 11.4 Å². The van der Waals surface area contributed by atoms with Gasteiger partial charge in [0.2, 0.25) is 21.7 Å². The fourth-order valence-corrected chi connectivity index (χ4v) is 4.03. The first-order valence-corrected chi connectivity index (χ1v) is 11.3. The van der Waals surface area contributed by atoms with Crippen molar-refractivity contribution in [3.63, 3.8) is 0 Å². The lowest BCUT2D eigenvalue weighted by atomic mass is 9.98. The van der Waals surface area contributed by atoms with Crippen molar-refractivity contribution >= 4 is 21.6 Å². The van der Waals surface area contributed by atoms with E-state index in [2.05, 4.69) is 15.0 Å². The minimum absolute atomic E-state index is 0.350. The molecule has 0 saturated carbocycles. The molecule has 1 saturated heterocycles. The maximum atomic E-state index is 11.6. The first-order chi connectivity index (χ1) is 12.8. The molecule has 148 valence electrons. The Morgan fingerprint density at radius 3 is 2.96 bits per heavy atom. The quantitative estimate of drug-likeness (QED) is 0.695. The van der Waals surface area contributed by atoms with Gasteiger partial charge in [0.25, 0.3) is 0 Å². The number of hydrogen-bond acceptors (Lipinski definition) is 6. The SMILES string of the molecule is CN(CC1CCCN(CCc2nc(-c3cccc(Cl)c3)no2)C1)S(C)(=O)=O. The first kappa shape index (κ1) is 20.3. The van der Waals surface area contributed by atoms with Crippen LogP contribution in [0.2, 0.25) is 5.02 Å². The van der Waals surface area contributed by atoms with Crippen LogP contribution in [0.5, 0.6) is 0 Å². The number of sulfonamides is 1. The summed E-state index contributed by atoms with van der Waals surface area (Å²) in [4.78, 5) is 6.80. The Morgan fingerprint density at radius 2 is 2.22 bits per heavy atom. The lowest BCUT2D eigenvalue weighted by Crippen LogP contribution is -2.42. The van der Waals surface area contributed by atoms with Gasteiger partial charge in [-0.1, -0.05) is 28.9 Å². The normalized spacial score (nSPS) is 18.9. The van der Waals surface area contributed by atoms with Gasteiger partial charge in [-0.2, -0.15) is 4.98 Å². The van der Waals surface area contributed by atoms with Gasteiger partial charge in [0.15, 0.2) is 0 Å². The predicted molar refractivity (Wildman–Crippen MR) is 105 cm³/mol. The molecule has 0 amide bonds. The molecule has 0 N–H and O–H groups in total. The van der Waals surface area contributed by atoms with E-state index in [0.29, 0.717) is 35.6 Å². The standard InChI is InChI=1S/C18H25ClN4O3S/c1-22(27(2,24)25)12-14-5-4-9-23(13-14)10-8-17-20-18(21-26-17)15-6-3-7-16(19)11-15/h3,6-7,11,14H,4-5,8-10,12-13H2,1-2H3. The van der Waals surface area contributed by atoms with E-state index in [0.717, 1.165) is 38.0 Å². The van der Waals surface area contributed by atoms with Crippen LogP contribution in [0.1, 0.15) is 18.7 Å². The van der Waals surface area contributed by atoms with Crippen LogP contribution < -0.4 is 0 Å². The molecule has 1 aromatic carbocycles. The highest BCUT2D eigenvalue weighted by molar-refractivity contribution is 7.88. The second-order valence-electron chi connectivity index (χ2n) is 7.12. The Hall–Kier alpha value is -1.48. The third-order valence-corrected chi connectivity index (χ3v) is 6.39. The number of piperidine rings is 1. The van der Waals surface area contributed by atoms with Gasteiger partial charge in [-0.05, 0) is 37.4 Å². The van der Waals surface area contributed by atoms with Gasteiger partial charge in [-0.15, -0.1) is 0 Å². The molecule has 0 aliphatic carbocycles. The fraction of sp³-hybridized carbons (Fsp3) is 0.556. The molecule has 2 aromatic rings. The second-order valence-corrected chi connectivity index (χ2v) is 9.65. The summed E-state index contributed by atoms with van der Waals surface area (Å²) in [6, 6.07) is 7.37. The number of halogens is 1. The zero-order valence-electron chi connectivity index (χ0n) is 15.6. The average molecular weight is 413 g/mol. The van der Waals surface area contributed by atoms with Crippen molar-refractivity contribution in [1.29, 1.82) is 0 Å². The van der Waals surface area contributed by atoms with Gasteiger partial charge in [0.05, 0.1) is 6.26 Å². The number of aromatic nitrogens is 2. The predicted octanol–water partition coefficient (Wildman–Crippen LogP) is 2.54. The van der Waals surface area contributed by atoms with Gasteiger partial charge in [-0.25, -0.2) is 12.7 Å². The third kappa shape index (κ3) is 5.75. The third-order valence-electron chi connectivity index (χ3n) is 4.88. The lowest BCUT2D eigenvalue weighted by molar-refractivity contribution is 0.160. The summed E-state index contributed by atoms with van der Waals surface area (Å²) in [7, 11) is -1.49. The average Bonchev–Trinajstić information content (AvgIpc) is 3.08. The molecule has 0 radical (unpaired) electrons. The molecule has 27 heavy (non-hydrogen) atoms. The fourth-order valence-electron chi connectivity index (χ4n) is 3.36. The molecule has 1 unspecified atom stereocenters. The Morgan fingerprint density at radius 1 is 1.41 bits per heavy atom. The summed E-state index contributed by atoms with van der Waals surface area (Å²) in [5, 5.41) is 4.67. The van der Waals surface area contributed by atoms with Crippen LogP contribution in [0.4, 0.5) is 0 Å². The highest BCUT2D eigenvalue weighted by atomic mass is 35.5. The van der Waals surface area contributed by atoms with E-state index in [1.165, 1.54) is 10.6 Å². The molecule has 1 fully saturated rings. The topological polar surface area (TPSA) is 79.5 Å². The Bertz CT molecular complexity index is 871. The minimum Gasteiger partial charge on any atom is -0.339 e. The summed E-state index contributed by atoms with van der Waals surface area (Å²) in [6.45, 7) is 3.27. The molecule has 1 aliphatic rings. The Kier molecular flexibility index (Phi) is 6.52. The maximum Gasteiger partial charge on any atom is 0.228 e. The van der Waals surface area contributed by atoms with Crippen LogP contribution in [0, 0.1) is 5.92 Å². The Labute approximate surface area is 165 Å². The molecule has 1 aliphatic heterocycles. The van der Waals surface area contributed by atoms with Crippen molar-refractivity contribution in [1.82, 2.24) is 19.3 Å². The van der Waals surface area contributed by atoms with E-state index in [9.17, 15) is 8.42 Å². The van der Waals surface area contributed by atoms with Crippen molar-refractivity contribution in [3.05, 3.63) is 35.2 Å². The molecule has 0 spiro atoms. The van der Waals surface area contributed by atoms with E-state index in [-0.39, 0.29) is 0 Å². The minimum atomic E-state index is -3.13. The maximum absolute atomic E-state index is 11.6. The summed E-state index contributed by atoms with van der Waals surface area (Å²) in [5.41, 5.74) is 0.833. The molecule has 7 nitrogen and oxygen atoms in total. The summed E-state index contributed by atoms with van der Waals surface area (Å²) < 4.78 is 30.0. The van der Waals surface area contributed by atoms with Crippen molar-refractivity contribution in [3.8, 4) is 11.4 Å². The molecule has 1 aromatic heterocycles. The zero-order chi connectivity index (χ0) is 19.4. The van der Waals surface area contributed by atoms with Crippen molar-refractivity contribution < 1.29 is 12.9 Å². The van der Waals surface area contributed by atoms with Crippen LogP contribution in [-0.4, -0.2) is 67.2 Å². The molecule has 1 atom stereocenters. The van der Waals surface area contributed by atoms with Crippen LogP contribution in [0.3, 0.4) is 0 Å². The number of benzene rings is 1. The lowest BCUT2D eigenvalue weighted by Gasteiger charge is -2.34. The first-order valence-electron chi connectivity index (χ1n) is 9.03. The molecule has 9 heteroatoms. The Balaban J connectivity index is 1.53. The molecule has 0 bridgehead atoms. The second kappa shape index (κ2) is 8.68. The smallest absolute Gasteiger partial charge is 0.228 e. The number of rotatable bonds is 7. The van der Waals surface area contributed by atoms with E-state index < -0.39 is 10.0 Å². The summed E-state index contributed by atoms with van der Waals surface area (Å²) >= 11 is 6.01. The number of hydrogen-bond donors (Lipinski definition) is 0. The summed E-state index contributed by atoms with van der Waals surface area (Å²) in [5.74, 6) is 1.49. The molecule has 2 heterocycles. The monoisotopic (exact) mass is 412 g/mol. The van der Waals surface area contributed by atoms with Crippen molar-refractivity contribution in [2.45, 2.75) is 19.3 Å². The van der Waals surface area contributed by atoms with Gasteiger partial charge in [0.1, 0.15) is 0 Å². The summed E-state index contributed by atoms with van der Waals surface area (Å²) in [6.07, 6.45) is 4.04. The van der Waals surface area contributed by atoms with Crippen molar-refractivity contribution in [2.75, 3.05) is 39.5 Å². The van der Waals surface area contributed by atoms with Crippen molar-refractivity contribution in [2.24, 2.45) is 5.92 Å². The number of likely N-dealkylation sites (tertiary alicyclic amines) is 1. The molecule has 3 rings (SSSR count). The molecular weight excluding hydrogens is 388 g/mol. The van der Waals surface area contributed by atoms with E-state index in [1.807, 2.05) is 18.2 Å². The molecular formula is C18H25ClN4O3S. The van der Waals surface area contributed by atoms with Crippen LogP contribution in [0.15, 0.2) is 28.8 Å². The van der Waals surface area contributed by atoms with Gasteiger partial charge >= 0.3 is 0 Å². The van der Waals surface area contributed by atoms with Crippen LogP contribution >= 0.6 is 11.6 Å². The van der Waals surface area contributed by atoms with E-state index in [4.69, 9.17) is 16.1 Å². The van der Waals surface area contributed by atoms with Gasteiger partial charge in [0, 0.05) is 43.7 Å².